The van der Waals surface area contributed by atoms with E-state index in [-0.39, 0.29) is 0 Å². The van der Waals surface area contributed by atoms with Gasteiger partial charge >= 0.3 is 0 Å². The van der Waals surface area contributed by atoms with Crippen LogP contribution in [-0.4, -0.2) is 31.1 Å². The maximum atomic E-state index is 5.71. The van der Waals surface area contributed by atoms with Crippen molar-refractivity contribution in [1.82, 2.24) is 4.90 Å². The maximum absolute atomic E-state index is 5.71. The van der Waals surface area contributed by atoms with Gasteiger partial charge in [0.25, 0.3) is 0 Å². The van der Waals surface area contributed by atoms with E-state index in [1.807, 2.05) is 0 Å². The van der Waals surface area contributed by atoms with Crippen LogP contribution in [0.1, 0.15) is 46.0 Å². The molecule has 1 rings (SSSR count). The van der Waals surface area contributed by atoms with Crippen LogP contribution in [0.4, 0.5) is 0 Å². The molecule has 0 aromatic carbocycles. The van der Waals surface area contributed by atoms with Gasteiger partial charge in [-0.1, -0.05) is 6.92 Å². The van der Waals surface area contributed by atoms with Crippen molar-refractivity contribution in [2.24, 2.45) is 17.6 Å². The summed E-state index contributed by atoms with van der Waals surface area (Å²) in [6.45, 7) is 6.78. The molecular weight excluding hydrogens is 184 g/mol. The van der Waals surface area contributed by atoms with E-state index in [1.165, 1.54) is 38.6 Å². The predicted molar refractivity (Wildman–Crippen MR) is 66.9 cm³/mol. The first-order valence-electron chi connectivity index (χ1n) is 6.57. The Kier molecular flexibility index (Phi) is 5.62. The quantitative estimate of drug-likeness (QED) is 0.758. The molecule has 1 unspecified atom stereocenters. The van der Waals surface area contributed by atoms with Gasteiger partial charge in [-0.3, -0.25) is 0 Å². The van der Waals surface area contributed by atoms with E-state index in [0.717, 1.165) is 24.4 Å². The molecule has 0 aliphatic heterocycles. The number of hydrogen-bond acceptors (Lipinski definition) is 2. The van der Waals surface area contributed by atoms with E-state index < -0.39 is 0 Å². The zero-order valence-corrected chi connectivity index (χ0v) is 10.7. The zero-order valence-electron chi connectivity index (χ0n) is 10.7. The molecule has 1 aliphatic carbocycles. The molecule has 1 saturated carbocycles. The zero-order chi connectivity index (χ0) is 11.3. The average Bonchev–Trinajstić information content (AvgIpc) is 2.29. The number of nitrogens with two attached hydrogens (primary N) is 1. The monoisotopic (exact) mass is 212 g/mol. The minimum atomic E-state index is 0.734. The summed E-state index contributed by atoms with van der Waals surface area (Å²) >= 11 is 0. The molecule has 0 heterocycles. The Morgan fingerprint density at radius 1 is 1.20 bits per heavy atom. The molecule has 15 heavy (non-hydrogen) atoms. The van der Waals surface area contributed by atoms with E-state index in [1.54, 1.807) is 0 Å². The first kappa shape index (κ1) is 13.0. The highest BCUT2D eigenvalue weighted by Crippen LogP contribution is 2.28. The molecule has 0 spiro atoms. The van der Waals surface area contributed by atoms with Crippen molar-refractivity contribution in [3.63, 3.8) is 0 Å². The van der Waals surface area contributed by atoms with E-state index in [9.17, 15) is 0 Å². The minimum absolute atomic E-state index is 0.734. The Morgan fingerprint density at radius 3 is 2.20 bits per heavy atom. The highest BCUT2D eigenvalue weighted by molar-refractivity contribution is 4.76. The second kappa shape index (κ2) is 6.49. The third kappa shape index (κ3) is 4.12. The molecular formula is C13H28N2. The molecule has 0 saturated heterocycles. The van der Waals surface area contributed by atoms with Crippen LogP contribution in [0, 0.1) is 11.8 Å². The first-order valence-corrected chi connectivity index (χ1v) is 6.57. The topological polar surface area (TPSA) is 29.3 Å². The van der Waals surface area contributed by atoms with E-state index in [2.05, 4.69) is 25.8 Å². The Morgan fingerprint density at radius 2 is 1.73 bits per heavy atom. The summed E-state index contributed by atoms with van der Waals surface area (Å²) in [6, 6.07) is 0.734. The molecule has 1 aliphatic rings. The van der Waals surface area contributed by atoms with Gasteiger partial charge in [-0.2, -0.15) is 0 Å². The van der Waals surface area contributed by atoms with Crippen molar-refractivity contribution in [3.05, 3.63) is 0 Å². The average molecular weight is 212 g/mol. The van der Waals surface area contributed by atoms with Crippen LogP contribution in [0.15, 0.2) is 0 Å². The van der Waals surface area contributed by atoms with Gasteiger partial charge in [0.05, 0.1) is 0 Å². The van der Waals surface area contributed by atoms with Gasteiger partial charge in [-0.05, 0) is 64.5 Å². The van der Waals surface area contributed by atoms with Gasteiger partial charge in [0.2, 0.25) is 0 Å². The molecule has 2 heteroatoms. The molecule has 0 aromatic heterocycles. The van der Waals surface area contributed by atoms with Gasteiger partial charge < -0.3 is 10.6 Å². The smallest absolute Gasteiger partial charge is 0.00613 e. The standard InChI is InChI=1S/C13H28N2/c1-4-11(2)15(3)10-13-7-5-12(9-14)6-8-13/h11-13H,4-10,14H2,1-3H3. The lowest BCUT2D eigenvalue weighted by Gasteiger charge is -2.33. The van der Waals surface area contributed by atoms with E-state index in [0.29, 0.717) is 0 Å². The fraction of sp³-hybridized carbons (Fsp3) is 1.00. The Bertz CT molecular complexity index is 162. The van der Waals surface area contributed by atoms with Crippen LogP contribution in [0.2, 0.25) is 0 Å². The summed E-state index contributed by atoms with van der Waals surface area (Å²) in [5.41, 5.74) is 5.71. The molecule has 0 radical (unpaired) electrons. The highest BCUT2D eigenvalue weighted by Gasteiger charge is 2.22. The Hall–Kier alpha value is -0.0800. The SMILES string of the molecule is CCC(C)N(C)CC1CCC(CN)CC1. The Labute approximate surface area is 95.2 Å². The van der Waals surface area contributed by atoms with Crippen LogP contribution in [0.25, 0.3) is 0 Å². The van der Waals surface area contributed by atoms with Crippen molar-refractivity contribution in [1.29, 1.82) is 0 Å². The highest BCUT2D eigenvalue weighted by atomic mass is 15.1. The largest absolute Gasteiger partial charge is 0.330 e. The molecule has 0 amide bonds. The van der Waals surface area contributed by atoms with Crippen molar-refractivity contribution in [3.8, 4) is 0 Å². The molecule has 0 bridgehead atoms. The summed E-state index contributed by atoms with van der Waals surface area (Å²) in [7, 11) is 2.27. The van der Waals surface area contributed by atoms with Gasteiger partial charge in [0.1, 0.15) is 0 Å². The van der Waals surface area contributed by atoms with E-state index in [4.69, 9.17) is 5.73 Å². The summed E-state index contributed by atoms with van der Waals surface area (Å²) < 4.78 is 0. The van der Waals surface area contributed by atoms with Crippen molar-refractivity contribution in [2.75, 3.05) is 20.1 Å². The number of hydrogen-bond donors (Lipinski definition) is 1. The van der Waals surface area contributed by atoms with Gasteiger partial charge in [-0.25, -0.2) is 0 Å². The van der Waals surface area contributed by atoms with Crippen LogP contribution in [-0.2, 0) is 0 Å². The first-order chi connectivity index (χ1) is 7.17. The van der Waals surface area contributed by atoms with Crippen molar-refractivity contribution >= 4 is 0 Å². The predicted octanol–water partition coefficient (Wildman–Crippen LogP) is 2.48. The lowest BCUT2D eigenvalue weighted by Crippen LogP contribution is -2.35. The molecule has 2 N–H and O–H groups in total. The minimum Gasteiger partial charge on any atom is -0.330 e. The molecule has 90 valence electrons. The number of rotatable bonds is 5. The lowest BCUT2D eigenvalue weighted by molar-refractivity contribution is 0.171. The van der Waals surface area contributed by atoms with Crippen molar-refractivity contribution in [2.45, 2.75) is 52.0 Å². The van der Waals surface area contributed by atoms with Gasteiger partial charge in [-0.15, -0.1) is 0 Å². The van der Waals surface area contributed by atoms with Crippen LogP contribution in [0.5, 0.6) is 0 Å². The third-order valence-corrected chi connectivity index (χ3v) is 4.19. The lowest BCUT2D eigenvalue weighted by atomic mass is 9.82. The second-order valence-corrected chi connectivity index (χ2v) is 5.32. The Balaban J connectivity index is 2.23. The fourth-order valence-corrected chi connectivity index (χ4v) is 2.55. The summed E-state index contributed by atoms with van der Waals surface area (Å²) in [4.78, 5) is 2.52. The van der Waals surface area contributed by atoms with Gasteiger partial charge in [0, 0.05) is 12.6 Å². The van der Waals surface area contributed by atoms with Crippen LogP contribution < -0.4 is 5.73 Å². The molecule has 1 atom stereocenters. The second-order valence-electron chi connectivity index (χ2n) is 5.32. The van der Waals surface area contributed by atoms with Crippen LogP contribution in [0.3, 0.4) is 0 Å². The normalized spacial score (nSPS) is 29.4. The van der Waals surface area contributed by atoms with Gasteiger partial charge in [0.15, 0.2) is 0 Å². The summed E-state index contributed by atoms with van der Waals surface area (Å²) in [5.74, 6) is 1.74. The van der Waals surface area contributed by atoms with E-state index >= 15 is 0 Å². The third-order valence-electron chi connectivity index (χ3n) is 4.19. The fourth-order valence-electron chi connectivity index (χ4n) is 2.55. The maximum Gasteiger partial charge on any atom is 0.00613 e. The summed E-state index contributed by atoms with van der Waals surface area (Å²) in [5, 5.41) is 0. The molecule has 2 nitrogen and oxygen atoms in total. The molecule has 0 aromatic rings. The number of nitrogens with zero attached hydrogens (tertiary/aromatic N) is 1. The summed E-state index contributed by atoms with van der Waals surface area (Å²) in [6.07, 6.45) is 6.75. The van der Waals surface area contributed by atoms with Crippen molar-refractivity contribution < 1.29 is 0 Å². The van der Waals surface area contributed by atoms with Crippen LogP contribution >= 0.6 is 0 Å². The molecule has 1 fully saturated rings.